The Kier molecular flexibility index (Phi) is 5.38. The molecule has 0 saturated heterocycles. The van der Waals surface area contributed by atoms with Crippen molar-refractivity contribution in [2.45, 2.75) is 20.3 Å². The lowest BCUT2D eigenvalue weighted by molar-refractivity contribution is -0.129. The second-order valence-electron chi connectivity index (χ2n) is 6.80. The number of amides is 1. The molecule has 0 spiro atoms. The monoisotopic (exact) mass is 350 g/mol. The van der Waals surface area contributed by atoms with E-state index < -0.39 is 0 Å². The molecule has 5 heteroatoms. The van der Waals surface area contributed by atoms with Crippen LogP contribution in [0.25, 0.3) is 16.9 Å². The minimum atomic E-state index is 0.0944. The molecular weight excluding hydrogens is 324 g/mol. The number of hydrogen-bond acceptors (Lipinski definition) is 3. The Morgan fingerprint density at radius 2 is 1.81 bits per heavy atom. The third-order valence-corrected chi connectivity index (χ3v) is 4.63. The zero-order chi connectivity index (χ0) is 18.7. The molecule has 1 amide bonds. The van der Waals surface area contributed by atoms with Crippen LogP contribution in [0.4, 0.5) is 0 Å². The van der Waals surface area contributed by atoms with Gasteiger partial charge >= 0.3 is 0 Å². The summed E-state index contributed by atoms with van der Waals surface area (Å²) in [6, 6.07) is 12.4. The first-order valence-corrected chi connectivity index (χ1v) is 8.93. The van der Waals surface area contributed by atoms with Crippen LogP contribution in [0.1, 0.15) is 16.8 Å². The van der Waals surface area contributed by atoms with E-state index in [2.05, 4.69) is 49.6 Å². The minimum absolute atomic E-state index is 0.0944. The fourth-order valence-corrected chi connectivity index (χ4v) is 2.99. The molecule has 3 rings (SSSR count). The van der Waals surface area contributed by atoms with Gasteiger partial charge in [-0.1, -0.05) is 35.9 Å². The third kappa shape index (κ3) is 3.78. The molecule has 0 unspecified atom stereocenters. The van der Waals surface area contributed by atoms with E-state index in [1.165, 1.54) is 5.56 Å². The maximum atomic E-state index is 12.7. The van der Waals surface area contributed by atoms with Crippen LogP contribution in [0, 0.1) is 13.8 Å². The number of rotatable bonds is 6. The van der Waals surface area contributed by atoms with E-state index in [0.717, 1.165) is 34.7 Å². The number of nitrogens with one attached hydrogen (secondary N) is 1. The van der Waals surface area contributed by atoms with Gasteiger partial charge in [0.15, 0.2) is 0 Å². The second kappa shape index (κ2) is 7.70. The van der Waals surface area contributed by atoms with Crippen molar-refractivity contribution in [3.05, 3.63) is 59.4 Å². The quantitative estimate of drug-likeness (QED) is 0.744. The molecule has 5 nitrogen and oxygen atoms in total. The van der Waals surface area contributed by atoms with Gasteiger partial charge in [-0.3, -0.25) is 4.79 Å². The minimum Gasteiger partial charge on any atom is -0.344 e. The topological polar surface area (TPSA) is 49.6 Å². The zero-order valence-corrected chi connectivity index (χ0v) is 15.9. The number of carbonyl (C=O) groups is 1. The van der Waals surface area contributed by atoms with Gasteiger partial charge in [-0.05, 0) is 32.5 Å². The number of pyridine rings is 1. The van der Waals surface area contributed by atoms with E-state index in [1.54, 1.807) is 4.90 Å². The molecule has 1 N–H and O–H groups in total. The van der Waals surface area contributed by atoms with Gasteiger partial charge in [0.25, 0.3) is 0 Å². The van der Waals surface area contributed by atoms with E-state index in [0.29, 0.717) is 13.0 Å². The van der Waals surface area contributed by atoms with Crippen molar-refractivity contribution < 1.29 is 4.79 Å². The number of carbonyl (C=O) groups excluding carboxylic acids is 1. The van der Waals surface area contributed by atoms with Gasteiger partial charge in [0.2, 0.25) is 5.91 Å². The van der Waals surface area contributed by atoms with Gasteiger partial charge in [0.05, 0.1) is 17.8 Å². The molecule has 0 aliphatic heterocycles. The first-order valence-electron chi connectivity index (χ1n) is 8.93. The van der Waals surface area contributed by atoms with Crippen molar-refractivity contribution in [1.82, 2.24) is 19.6 Å². The third-order valence-electron chi connectivity index (χ3n) is 4.63. The molecule has 0 saturated carbocycles. The summed E-state index contributed by atoms with van der Waals surface area (Å²) in [5.41, 5.74) is 6.07. The normalized spacial score (nSPS) is 11.1. The highest BCUT2D eigenvalue weighted by molar-refractivity contribution is 5.81. The lowest BCUT2D eigenvalue weighted by Gasteiger charge is -2.17. The molecule has 26 heavy (non-hydrogen) atoms. The molecule has 136 valence electrons. The average Bonchev–Trinajstić information content (AvgIpc) is 2.98. The fourth-order valence-electron chi connectivity index (χ4n) is 2.99. The standard InChI is InChI=1S/C21H26N4O/c1-15-5-8-17(9-6-15)21-18(13-20(26)24(4)12-11-22-3)25-14-16(2)7-10-19(25)23-21/h5-10,14,22H,11-13H2,1-4H3. The summed E-state index contributed by atoms with van der Waals surface area (Å²) in [5, 5.41) is 3.08. The SMILES string of the molecule is CNCCN(C)C(=O)Cc1c(-c2ccc(C)cc2)nc2ccc(C)cn12. The van der Waals surface area contributed by atoms with Gasteiger partial charge in [-0.2, -0.15) is 0 Å². The van der Waals surface area contributed by atoms with Crippen molar-refractivity contribution in [3.8, 4) is 11.3 Å². The number of likely N-dealkylation sites (N-methyl/N-ethyl adjacent to an activating group) is 2. The van der Waals surface area contributed by atoms with Crippen molar-refractivity contribution in [1.29, 1.82) is 0 Å². The lowest BCUT2D eigenvalue weighted by atomic mass is 10.1. The summed E-state index contributed by atoms with van der Waals surface area (Å²) < 4.78 is 2.05. The second-order valence-corrected chi connectivity index (χ2v) is 6.80. The van der Waals surface area contributed by atoms with Crippen LogP contribution in [0.15, 0.2) is 42.6 Å². The molecule has 2 heterocycles. The Bertz CT molecular complexity index is 912. The van der Waals surface area contributed by atoms with Crippen LogP contribution >= 0.6 is 0 Å². The molecule has 2 aromatic heterocycles. The van der Waals surface area contributed by atoms with Crippen LogP contribution in [-0.4, -0.2) is 47.4 Å². The van der Waals surface area contributed by atoms with Crippen molar-refractivity contribution in [2.75, 3.05) is 27.2 Å². The smallest absolute Gasteiger partial charge is 0.228 e. The Balaban J connectivity index is 2.03. The zero-order valence-electron chi connectivity index (χ0n) is 15.9. The predicted molar refractivity (Wildman–Crippen MR) is 105 cm³/mol. The number of nitrogens with zero attached hydrogens (tertiary/aromatic N) is 3. The Hall–Kier alpha value is -2.66. The van der Waals surface area contributed by atoms with E-state index in [1.807, 2.05) is 30.6 Å². The van der Waals surface area contributed by atoms with Crippen molar-refractivity contribution >= 4 is 11.6 Å². The molecule has 1 aromatic carbocycles. The number of fused-ring (bicyclic) bond motifs is 1. The van der Waals surface area contributed by atoms with E-state index in [4.69, 9.17) is 4.98 Å². The van der Waals surface area contributed by atoms with Crippen molar-refractivity contribution in [3.63, 3.8) is 0 Å². The highest BCUT2D eigenvalue weighted by atomic mass is 16.2. The first-order chi connectivity index (χ1) is 12.5. The summed E-state index contributed by atoms with van der Waals surface area (Å²) >= 11 is 0. The van der Waals surface area contributed by atoms with Gasteiger partial charge < -0.3 is 14.6 Å². The van der Waals surface area contributed by atoms with Crippen LogP contribution < -0.4 is 5.32 Å². The van der Waals surface area contributed by atoms with E-state index in [9.17, 15) is 4.79 Å². The Morgan fingerprint density at radius 3 is 2.50 bits per heavy atom. The number of aryl methyl sites for hydroxylation is 2. The number of benzene rings is 1. The number of imidazole rings is 1. The summed E-state index contributed by atoms with van der Waals surface area (Å²) in [4.78, 5) is 19.3. The number of hydrogen-bond donors (Lipinski definition) is 1. The molecule has 0 aliphatic rings. The molecule has 0 radical (unpaired) electrons. The predicted octanol–water partition coefficient (Wildman–Crippen LogP) is 2.84. The molecule has 0 aliphatic carbocycles. The molecule has 0 bridgehead atoms. The Morgan fingerprint density at radius 1 is 1.12 bits per heavy atom. The molecule has 3 aromatic rings. The maximum absolute atomic E-state index is 12.7. The Labute approximate surface area is 154 Å². The van der Waals surface area contributed by atoms with Crippen LogP contribution in [0.2, 0.25) is 0 Å². The summed E-state index contributed by atoms with van der Waals surface area (Å²) in [5.74, 6) is 0.0944. The summed E-state index contributed by atoms with van der Waals surface area (Å²) in [7, 11) is 3.74. The summed E-state index contributed by atoms with van der Waals surface area (Å²) in [6.07, 6.45) is 2.38. The van der Waals surface area contributed by atoms with E-state index >= 15 is 0 Å². The fraction of sp³-hybridized carbons (Fsp3) is 0.333. The van der Waals surface area contributed by atoms with Crippen LogP contribution in [0.3, 0.4) is 0 Å². The van der Waals surface area contributed by atoms with Gasteiger partial charge in [0, 0.05) is 31.9 Å². The molecule has 0 fully saturated rings. The largest absolute Gasteiger partial charge is 0.344 e. The number of aromatic nitrogens is 2. The van der Waals surface area contributed by atoms with Gasteiger partial charge in [-0.25, -0.2) is 4.98 Å². The maximum Gasteiger partial charge on any atom is 0.228 e. The van der Waals surface area contributed by atoms with Crippen molar-refractivity contribution in [2.24, 2.45) is 0 Å². The average molecular weight is 350 g/mol. The molecule has 0 atom stereocenters. The lowest BCUT2D eigenvalue weighted by Crippen LogP contribution is -2.34. The van der Waals surface area contributed by atoms with Gasteiger partial charge in [-0.15, -0.1) is 0 Å². The van der Waals surface area contributed by atoms with Crippen LogP contribution in [-0.2, 0) is 11.2 Å². The molecular formula is C21H26N4O. The highest BCUT2D eigenvalue weighted by Crippen LogP contribution is 2.26. The van der Waals surface area contributed by atoms with E-state index in [-0.39, 0.29) is 5.91 Å². The summed E-state index contributed by atoms with van der Waals surface area (Å²) in [6.45, 7) is 5.58. The first kappa shape index (κ1) is 18.1. The van der Waals surface area contributed by atoms with Crippen LogP contribution in [0.5, 0.6) is 0 Å². The van der Waals surface area contributed by atoms with Gasteiger partial charge in [0.1, 0.15) is 5.65 Å². The highest BCUT2D eigenvalue weighted by Gasteiger charge is 2.19.